The quantitative estimate of drug-likeness (QED) is 0.241. The van der Waals surface area contributed by atoms with Crippen LogP contribution in [0.15, 0.2) is 82.7 Å². The van der Waals surface area contributed by atoms with E-state index in [9.17, 15) is 9.59 Å². The van der Waals surface area contributed by atoms with Crippen LogP contribution >= 0.6 is 11.8 Å². The van der Waals surface area contributed by atoms with E-state index in [4.69, 9.17) is 9.47 Å². The van der Waals surface area contributed by atoms with Crippen molar-refractivity contribution in [1.29, 1.82) is 0 Å². The first kappa shape index (κ1) is 22.7. The number of carbonyl (C=O) groups is 1. The van der Waals surface area contributed by atoms with E-state index in [1.165, 1.54) is 11.8 Å². The molecule has 35 heavy (non-hydrogen) atoms. The molecule has 0 amide bonds. The molecule has 5 aromatic rings. The first-order valence-electron chi connectivity index (χ1n) is 10.9. The van der Waals surface area contributed by atoms with Gasteiger partial charge in [0.1, 0.15) is 11.5 Å². The number of benzene rings is 3. The number of hydrogen-bond acceptors (Lipinski definition) is 7. The number of methoxy groups -OCH3 is 2. The number of ether oxygens (including phenoxy) is 2. The number of aromatic nitrogens is 4. The summed E-state index contributed by atoms with van der Waals surface area (Å²) in [4.78, 5) is 26.4. The van der Waals surface area contributed by atoms with E-state index in [0.29, 0.717) is 38.9 Å². The summed E-state index contributed by atoms with van der Waals surface area (Å²) in [6.45, 7) is 0.264. The highest BCUT2D eigenvalue weighted by atomic mass is 32.2. The van der Waals surface area contributed by atoms with Gasteiger partial charge in [-0.2, -0.15) is 0 Å². The van der Waals surface area contributed by atoms with E-state index in [1.807, 2.05) is 52.9 Å². The monoisotopic (exact) mass is 486 g/mol. The fraction of sp³-hybridized carbons (Fsp3) is 0.154. The van der Waals surface area contributed by atoms with Crippen molar-refractivity contribution in [3.8, 4) is 11.5 Å². The summed E-state index contributed by atoms with van der Waals surface area (Å²) in [5, 5.41) is 9.74. The number of fused-ring (bicyclic) bond motifs is 3. The van der Waals surface area contributed by atoms with E-state index in [-0.39, 0.29) is 23.6 Å². The Morgan fingerprint density at radius 2 is 1.57 bits per heavy atom. The van der Waals surface area contributed by atoms with Crippen LogP contribution in [-0.2, 0) is 6.54 Å². The van der Waals surface area contributed by atoms with Crippen LogP contribution in [0.1, 0.15) is 15.9 Å². The zero-order chi connectivity index (χ0) is 24.4. The Bertz CT molecular complexity index is 1610. The molecule has 2 aromatic heterocycles. The third-order valence-electron chi connectivity index (χ3n) is 5.74. The summed E-state index contributed by atoms with van der Waals surface area (Å²) >= 11 is 1.27. The molecule has 9 heteroatoms. The Kier molecular flexibility index (Phi) is 6.24. The molecule has 5 rings (SSSR count). The number of ketones is 1. The third-order valence-corrected chi connectivity index (χ3v) is 6.67. The number of nitrogens with zero attached hydrogens (tertiary/aromatic N) is 4. The van der Waals surface area contributed by atoms with Crippen molar-refractivity contribution in [2.45, 2.75) is 11.7 Å². The van der Waals surface area contributed by atoms with E-state index in [0.717, 1.165) is 5.56 Å². The molecule has 0 saturated heterocycles. The second-order valence-electron chi connectivity index (χ2n) is 7.75. The maximum absolute atomic E-state index is 13.4. The van der Waals surface area contributed by atoms with Gasteiger partial charge in [0, 0.05) is 5.56 Å². The lowest BCUT2D eigenvalue weighted by molar-refractivity contribution is 0.101. The van der Waals surface area contributed by atoms with E-state index >= 15 is 0 Å². The minimum absolute atomic E-state index is 0.0872. The minimum Gasteiger partial charge on any atom is -0.496 e. The third kappa shape index (κ3) is 4.15. The Hall–Kier alpha value is -4.11. The summed E-state index contributed by atoms with van der Waals surface area (Å²) < 4.78 is 14.2. The Morgan fingerprint density at radius 1 is 0.886 bits per heavy atom. The van der Waals surface area contributed by atoms with Crippen molar-refractivity contribution in [2.75, 3.05) is 20.0 Å². The Balaban J connectivity index is 1.58. The summed E-state index contributed by atoms with van der Waals surface area (Å²) in [6.07, 6.45) is 0. The molecule has 0 aliphatic carbocycles. The molecule has 0 saturated carbocycles. The molecule has 0 N–H and O–H groups in total. The lowest BCUT2D eigenvalue weighted by atomic mass is 10.1. The van der Waals surface area contributed by atoms with Crippen molar-refractivity contribution in [2.24, 2.45) is 0 Å². The first-order valence-corrected chi connectivity index (χ1v) is 11.9. The maximum atomic E-state index is 13.4. The average molecular weight is 487 g/mol. The fourth-order valence-corrected chi connectivity index (χ4v) is 4.88. The average Bonchev–Trinajstić information content (AvgIpc) is 3.33. The topological polar surface area (TPSA) is 87.7 Å². The van der Waals surface area contributed by atoms with Crippen LogP contribution in [0, 0.1) is 0 Å². The molecule has 0 radical (unpaired) electrons. The fourth-order valence-electron chi connectivity index (χ4n) is 4.06. The van der Waals surface area contributed by atoms with Gasteiger partial charge in [-0.1, -0.05) is 54.2 Å². The summed E-state index contributed by atoms with van der Waals surface area (Å²) in [6, 6.07) is 22.0. The normalized spacial score (nSPS) is 11.1. The molecular formula is C26H22N4O4S. The van der Waals surface area contributed by atoms with Gasteiger partial charge >= 0.3 is 0 Å². The molecule has 2 heterocycles. The van der Waals surface area contributed by atoms with Gasteiger partial charge in [0.2, 0.25) is 5.78 Å². The van der Waals surface area contributed by atoms with Gasteiger partial charge in [-0.25, -0.2) is 0 Å². The number of rotatable bonds is 8. The van der Waals surface area contributed by atoms with Crippen LogP contribution in [0.2, 0.25) is 0 Å². The standard InChI is InChI=1S/C26H22N4O4S/c1-33-22-13-7-3-9-17(22)15-29-24(32)18-10-4-6-12-20(18)30-25(29)27-28-26(30)35-16-21(31)19-11-5-8-14-23(19)34-2/h3-14H,15-16H2,1-2H3. The highest BCUT2D eigenvalue weighted by Gasteiger charge is 2.19. The number of thioether (sulfide) groups is 1. The van der Waals surface area contributed by atoms with Crippen LogP contribution in [0.4, 0.5) is 0 Å². The smallest absolute Gasteiger partial charge is 0.263 e. The Morgan fingerprint density at radius 3 is 2.37 bits per heavy atom. The van der Waals surface area contributed by atoms with Crippen molar-refractivity contribution in [3.63, 3.8) is 0 Å². The largest absolute Gasteiger partial charge is 0.496 e. The molecule has 0 aliphatic rings. The molecule has 8 nitrogen and oxygen atoms in total. The van der Waals surface area contributed by atoms with Gasteiger partial charge in [-0.15, -0.1) is 10.2 Å². The van der Waals surface area contributed by atoms with Gasteiger partial charge in [0.15, 0.2) is 10.9 Å². The molecular weight excluding hydrogens is 464 g/mol. The minimum atomic E-state index is -0.173. The zero-order valence-electron chi connectivity index (χ0n) is 19.2. The summed E-state index contributed by atoms with van der Waals surface area (Å²) in [7, 11) is 3.14. The van der Waals surface area contributed by atoms with Crippen molar-refractivity contribution >= 4 is 34.2 Å². The lowest BCUT2D eigenvalue weighted by Gasteiger charge is -2.13. The van der Waals surface area contributed by atoms with Crippen LogP contribution in [0.25, 0.3) is 16.7 Å². The predicted molar refractivity (Wildman–Crippen MR) is 135 cm³/mol. The highest BCUT2D eigenvalue weighted by Crippen LogP contribution is 2.26. The molecule has 3 aromatic carbocycles. The highest BCUT2D eigenvalue weighted by molar-refractivity contribution is 7.99. The van der Waals surface area contributed by atoms with E-state index < -0.39 is 0 Å². The number of hydrogen-bond donors (Lipinski definition) is 0. The van der Waals surface area contributed by atoms with Crippen LogP contribution < -0.4 is 15.0 Å². The molecule has 0 spiro atoms. The second-order valence-corrected chi connectivity index (χ2v) is 8.69. The van der Waals surface area contributed by atoms with E-state index in [1.54, 1.807) is 43.1 Å². The maximum Gasteiger partial charge on any atom is 0.263 e. The molecule has 0 unspecified atom stereocenters. The summed E-state index contributed by atoms with van der Waals surface area (Å²) in [5.74, 6) is 1.66. The van der Waals surface area contributed by atoms with E-state index in [2.05, 4.69) is 10.2 Å². The van der Waals surface area contributed by atoms with Crippen LogP contribution in [0.5, 0.6) is 11.5 Å². The Labute approximate surface area is 205 Å². The van der Waals surface area contributed by atoms with Crippen molar-refractivity contribution in [1.82, 2.24) is 19.2 Å². The second kappa shape index (κ2) is 9.63. The van der Waals surface area contributed by atoms with Crippen LogP contribution in [0.3, 0.4) is 0 Å². The van der Waals surface area contributed by atoms with Gasteiger partial charge in [0.05, 0.1) is 43.0 Å². The van der Waals surface area contributed by atoms with Gasteiger partial charge in [-0.3, -0.25) is 18.6 Å². The van der Waals surface area contributed by atoms with Gasteiger partial charge < -0.3 is 9.47 Å². The molecule has 0 aliphatic heterocycles. The van der Waals surface area contributed by atoms with Gasteiger partial charge in [0.25, 0.3) is 5.56 Å². The number of para-hydroxylation sites is 3. The zero-order valence-corrected chi connectivity index (χ0v) is 20.0. The number of carbonyl (C=O) groups excluding carboxylic acids is 1. The molecule has 0 bridgehead atoms. The molecule has 176 valence electrons. The molecule has 0 atom stereocenters. The predicted octanol–water partition coefficient (Wildman–Crippen LogP) is 4.08. The lowest BCUT2D eigenvalue weighted by Crippen LogP contribution is -2.24. The first-order chi connectivity index (χ1) is 17.1. The SMILES string of the molecule is COc1ccccc1Cn1c(=O)c2ccccc2n2c(SCC(=O)c3ccccc3OC)nnc12. The van der Waals surface area contributed by atoms with Crippen LogP contribution in [-0.4, -0.2) is 44.9 Å². The van der Waals surface area contributed by atoms with Crippen molar-refractivity contribution < 1.29 is 14.3 Å². The summed E-state index contributed by atoms with van der Waals surface area (Å²) in [5.41, 5.74) is 1.86. The van der Waals surface area contributed by atoms with Crippen molar-refractivity contribution in [3.05, 3.63) is 94.3 Å². The van der Waals surface area contributed by atoms with Gasteiger partial charge in [-0.05, 0) is 30.3 Å². The molecule has 0 fully saturated rings. The number of Topliss-reactive ketones (excluding diaryl/α,β-unsaturated/α-hetero) is 1.